The molecule has 114 valence electrons. The lowest BCUT2D eigenvalue weighted by molar-refractivity contribution is 0.252. The minimum Gasteiger partial charge on any atom is -0.313 e. The Balaban J connectivity index is 1.62. The van der Waals surface area contributed by atoms with Gasteiger partial charge in [-0.25, -0.2) is 0 Å². The molecule has 0 saturated heterocycles. The maximum atomic E-state index is 3.70. The number of unbranched alkanes of at least 4 members (excludes halogenated alkanes) is 2. The molecule has 0 amide bonds. The molecule has 1 heterocycles. The van der Waals surface area contributed by atoms with Crippen molar-refractivity contribution in [2.45, 2.75) is 71.0 Å². The third-order valence-electron chi connectivity index (χ3n) is 4.13. The van der Waals surface area contributed by atoms with Crippen LogP contribution in [0.1, 0.15) is 57.2 Å². The summed E-state index contributed by atoms with van der Waals surface area (Å²) in [5.74, 6) is 0. The summed E-state index contributed by atoms with van der Waals surface area (Å²) < 4.78 is 0. The molecule has 1 saturated carbocycles. The predicted molar refractivity (Wildman–Crippen MR) is 89.4 cm³/mol. The second kappa shape index (κ2) is 8.81. The van der Waals surface area contributed by atoms with Gasteiger partial charge in [-0.15, -0.1) is 11.3 Å². The van der Waals surface area contributed by atoms with Gasteiger partial charge < -0.3 is 5.32 Å². The Kier molecular flexibility index (Phi) is 7.05. The Morgan fingerprint density at radius 3 is 2.90 bits per heavy atom. The van der Waals surface area contributed by atoms with Crippen LogP contribution in [0.15, 0.2) is 17.5 Å². The van der Waals surface area contributed by atoms with Gasteiger partial charge in [0.05, 0.1) is 0 Å². The van der Waals surface area contributed by atoms with Gasteiger partial charge in [-0.3, -0.25) is 4.90 Å². The average Bonchev–Trinajstić information content (AvgIpc) is 3.16. The van der Waals surface area contributed by atoms with Crippen molar-refractivity contribution in [1.29, 1.82) is 0 Å². The molecule has 1 atom stereocenters. The lowest BCUT2D eigenvalue weighted by Crippen LogP contribution is -2.36. The highest BCUT2D eigenvalue weighted by atomic mass is 32.1. The standard InChI is InChI=1S/C17H30N2S/c1-3-4-5-7-15(2)18-11-12-19(16-9-10-16)14-17-8-6-13-20-17/h6,8,13,15-16,18H,3-5,7,9-12,14H2,1-2H3. The van der Waals surface area contributed by atoms with Crippen molar-refractivity contribution in [1.82, 2.24) is 10.2 Å². The molecule has 1 aromatic heterocycles. The molecule has 1 N–H and O–H groups in total. The van der Waals surface area contributed by atoms with Crippen LogP contribution in [0.3, 0.4) is 0 Å². The van der Waals surface area contributed by atoms with Gasteiger partial charge in [-0.2, -0.15) is 0 Å². The molecule has 0 spiro atoms. The van der Waals surface area contributed by atoms with E-state index in [1.165, 1.54) is 49.9 Å². The molecular formula is C17H30N2S. The second-order valence-corrected chi connectivity index (χ2v) is 7.16. The molecule has 1 aliphatic rings. The Morgan fingerprint density at radius 1 is 1.40 bits per heavy atom. The van der Waals surface area contributed by atoms with E-state index in [1.54, 1.807) is 0 Å². The SMILES string of the molecule is CCCCCC(C)NCCN(Cc1cccs1)C1CC1. The van der Waals surface area contributed by atoms with Crippen LogP contribution in [-0.4, -0.2) is 30.1 Å². The van der Waals surface area contributed by atoms with E-state index in [0.717, 1.165) is 19.1 Å². The molecule has 0 radical (unpaired) electrons. The zero-order chi connectivity index (χ0) is 14.2. The Labute approximate surface area is 128 Å². The number of nitrogens with zero attached hydrogens (tertiary/aromatic N) is 1. The normalized spacial score (nSPS) is 16.8. The Bertz CT molecular complexity index is 346. The zero-order valence-electron chi connectivity index (χ0n) is 13.1. The predicted octanol–water partition coefficient (Wildman–Crippen LogP) is 4.27. The molecule has 2 nitrogen and oxygen atoms in total. The number of nitrogens with one attached hydrogen (secondary N) is 1. The summed E-state index contributed by atoms with van der Waals surface area (Å²) >= 11 is 1.89. The lowest BCUT2D eigenvalue weighted by atomic mass is 10.1. The van der Waals surface area contributed by atoms with Crippen LogP contribution in [-0.2, 0) is 6.54 Å². The summed E-state index contributed by atoms with van der Waals surface area (Å²) in [4.78, 5) is 4.17. The van der Waals surface area contributed by atoms with Crippen molar-refractivity contribution in [2.75, 3.05) is 13.1 Å². The maximum absolute atomic E-state index is 3.70. The van der Waals surface area contributed by atoms with Crippen molar-refractivity contribution in [3.05, 3.63) is 22.4 Å². The Morgan fingerprint density at radius 2 is 2.25 bits per heavy atom. The summed E-state index contributed by atoms with van der Waals surface area (Å²) in [5, 5.41) is 5.88. The molecule has 0 aromatic carbocycles. The van der Waals surface area contributed by atoms with E-state index in [2.05, 4.69) is 41.6 Å². The van der Waals surface area contributed by atoms with Crippen molar-refractivity contribution in [3.63, 3.8) is 0 Å². The van der Waals surface area contributed by atoms with E-state index < -0.39 is 0 Å². The second-order valence-electron chi connectivity index (χ2n) is 6.13. The molecule has 1 fully saturated rings. The van der Waals surface area contributed by atoms with Crippen LogP contribution in [0.25, 0.3) is 0 Å². The topological polar surface area (TPSA) is 15.3 Å². The number of rotatable bonds is 11. The monoisotopic (exact) mass is 294 g/mol. The van der Waals surface area contributed by atoms with E-state index in [1.807, 2.05) is 11.3 Å². The highest BCUT2D eigenvalue weighted by Gasteiger charge is 2.28. The maximum Gasteiger partial charge on any atom is 0.0331 e. The number of hydrogen-bond donors (Lipinski definition) is 1. The van der Waals surface area contributed by atoms with Crippen LogP contribution >= 0.6 is 11.3 Å². The van der Waals surface area contributed by atoms with Crippen LogP contribution in [0.4, 0.5) is 0 Å². The summed E-state index contributed by atoms with van der Waals surface area (Å²) in [5.41, 5.74) is 0. The van der Waals surface area contributed by atoms with Gasteiger partial charge in [0.1, 0.15) is 0 Å². The summed E-state index contributed by atoms with van der Waals surface area (Å²) in [6, 6.07) is 5.96. The first-order valence-electron chi connectivity index (χ1n) is 8.29. The van der Waals surface area contributed by atoms with Crippen molar-refractivity contribution < 1.29 is 0 Å². The first-order valence-corrected chi connectivity index (χ1v) is 9.17. The van der Waals surface area contributed by atoms with Crippen molar-refractivity contribution in [2.24, 2.45) is 0 Å². The van der Waals surface area contributed by atoms with E-state index >= 15 is 0 Å². The average molecular weight is 295 g/mol. The van der Waals surface area contributed by atoms with Gasteiger partial charge in [0.2, 0.25) is 0 Å². The molecule has 20 heavy (non-hydrogen) atoms. The van der Waals surface area contributed by atoms with E-state index in [-0.39, 0.29) is 0 Å². The highest BCUT2D eigenvalue weighted by molar-refractivity contribution is 7.09. The van der Waals surface area contributed by atoms with E-state index in [0.29, 0.717) is 6.04 Å². The van der Waals surface area contributed by atoms with E-state index in [4.69, 9.17) is 0 Å². The largest absolute Gasteiger partial charge is 0.313 e. The molecule has 1 aliphatic carbocycles. The minimum atomic E-state index is 0.671. The first kappa shape index (κ1) is 16.0. The van der Waals surface area contributed by atoms with Gasteiger partial charge in [0.15, 0.2) is 0 Å². The molecule has 1 aromatic rings. The van der Waals surface area contributed by atoms with Gasteiger partial charge in [0.25, 0.3) is 0 Å². The zero-order valence-corrected chi connectivity index (χ0v) is 13.9. The lowest BCUT2D eigenvalue weighted by Gasteiger charge is -2.23. The number of thiophene rings is 1. The minimum absolute atomic E-state index is 0.671. The highest BCUT2D eigenvalue weighted by Crippen LogP contribution is 2.28. The third-order valence-corrected chi connectivity index (χ3v) is 5.00. The fourth-order valence-corrected chi connectivity index (χ4v) is 3.42. The molecule has 3 heteroatoms. The summed E-state index contributed by atoms with van der Waals surface area (Å²) in [6.07, 6.45) is 8.19. The van der Waals surface area contributed by atoms with Crippen LogP contribution in [0.2, 0.25) is 0 Å². The molecular weight excluding hydrogens is 264 g/mol. The van der Waals surface area contributed by atoms with Gasteiger partial charge >= 0.3 is 0 Å². The summed E-state index contributed by atoms with van der Waals surface area (Å²) in [6.45, 7) is 8.08. The molecule has 2 rings (SSSR count). The molecule has 0 bridgehead atoms. The van der Waals surface area contributed by atoms with Crippen molar-refractivity contribution >= 4 is 11.3 Å². The quantitative estimate of drug-likeness (QED) is 0.613. The van der Waals surface area contributed by atoms with Gasteiger partial charge in [-0.1, -0.05) is 32.3 Å². The third kappa shape index (κ3) is 5.94. The fourth-order valence-electron chi connectivity index (χ4n) is 2.69. The Hall–Kier alpha value is -0.380. The smallest absolute Gasteiger partial charge is 0.0331 e. The van der Waals surface area contributed by atoms with Gasteiger partial charge in [0, 0.05) is 36.6 Å². The summed E-state index contributed by atoms with van der Waals surface area (Å²) in [7, 11) is 0. The van der Waals surface area contributed by atoms with E-state index in [9.17, 15) is 0 Å². The fraction of sp³-hybridized carbons (Fsp3) is 0.765. The van der Waals surface area contributed by atoms with Crippen molar-refractivity contribution in [3.8, 4) is 0 Å². The van der Waals surface area contributed by atoms with Crippen LogP contribution in [0, 0.1) is 0 Å². The first-order chi connectivity index (χ1) is 9.79. The van der Waals surface area contributed by atoms with Crippen LogP contribution < -0.4 is 5.32 Å². The molecule has 1 unspecified atom stereocenters. The van der Waals surface area contributed by atoms with Gasteiger partial charge in [-0.05, 0) is 37.6 Å². The van der Waals surface area contributed by atoms with Crippen LogP contribution in [0.5, 0.6) is 0 Å². The molecule has 0 aliphatic heterocycles. The number of hydrogen-bond acceptors (Lipinski definition) is 3.